The topological polar surface area (TPSA) is 40.5 Å². The lowest BCUT2D eigenvalue weighted by molar-refractivity contribution is -0.144. The number of carboxylic acid groups (broad SMARTS) is 1. The van der Waals surface area contributed by atoms with E-state index in [0.29, 0.717) is 12.3 Å². The molecule has 1 heterocycles. The fourth-order valence-corrected chi connectivity index (χ4v) is 2.10. The Morgan fingerprint density at radius 1 is 1.64 bits per heavy atom. The van der Waals surface area contributed by atoms with Crippen molar-refractivity contribution in [2.24, 2.45) is 5.92 Å². The Bertz CT molecular complexity index is 187. The summed E-state index contributed by atoms with van der Waals surface area (Å²) in [5, 5.41) is 8.97. The van der Waals surface area contributed by atoms with Crippen LogP contribution >= 0.6 is 12.4 Å². The van der Waals surface area contributed by atoms with Crippen molar-refractivity contribution in [3.63, 3.8) is 0 Å². The monoisotopic (exact) mass is 221 g/mol. The molecule has 0 radical (unpaired) electrons. The predicted molar refractivity (Wildman–Crippen MR) is 58.9 cm³/mol. The molecule has 1 fully saturated rings. The fraction of sp³-hybridized carbons (Fsp3) is 0.900. The van der Waals surface area contributed by atoms with Gasteiger partial charge in [-0.05, 0) is 31.7 Å². The number of nitrogens with zero attached hydrogens (tertiary/aromatic N) is 1. The molecule has 0 spiro atoms. The van der Waals surface area contributed by atoms with Gasteiger partial charge in [-0.3, -0.25) is 9.69 Å². The highest BCUT2D eigenvalue weighted by molar-refractivity contribution is 5.85. The molecule has 0 aliphatic carbocycles. The number of hydrogen-bond acceptors (Lipinski definition) is 2. The van der Waals surface area contributed by atoms with Crippen LogP contribution in [0.15, 0.2) is 0 Å². The molecule has 0 amide bonds. The number of hydrogen-bond donors (Lipinski definition) is 1. The largest absolute Gasteiger partial charge is 0.480 e. The third-order valence-corrected chi connectivity index (χ3v) is 2.80. The number of carboxylic acids is 1. The summed E-state index contributed by atoms with van der Waals surface area (Å²) in [7, 11) is 0. The van der Waals surface area contributed by atoms with E-state index in [9.17, 15) is 4.79 Å². The van der Waals surface area contributed by atoms with Crippen LogP contribution in [0.5, 0.6) is 0 Å². The number of aliphatic carboxylic acids is 1. The van der Waals surface area contributed by atoms with E-state index in [1.54, 1.807) is 0 Å². The van der Waals surface area contributed by atoms with Crippen molar-refractivity contribution in [3.8, 4) is 0 Å². The first-order valence-corrected chi connectivity index (χ1v) is 5.12. The summed E-state index contributed by atoms with van der Waals surface area (Å²) in [6.07, 6.45) is 3.10. The summed E-state index contributed by atoms with van der Waals surface area (Å²) in [4.78, 5) is 13.0. The van der Waals surface area contributed by atoms with Gasteiger partial charge < -0.3 is 5.11 Å². The zero-order chi connectivity index (χ0) is 9.84. The Kier molecular flexibility index (Phi) is 6.12. The van der Waals surface area contributed by atoms with E-state index in [1.807, 2.05) is 6.92 Å². The number of rotatable bonds is 3. The zero-order valence-corrected chi connectivity index (χ0v) is 9.72. The van der Waals surface area contributed by atoms with E-state index < -0.39 is 5.97 Å². The Hall–Kier alpha value is -0.280. The van der Waals surface area contributed by atoms with Crippen LogP contribution in [0, 0.1) is 5.92 Å². The Morgan fingerprint density at radius 3 is 2.71 bits per heavy atom. The molecule has 14 heavy (non-hydrogen) atoms. The van der Waals surface area contributed by atoms with Crippen LogP contribution < -0.4 is 0 Å². The van der Waals surface area contributed by atoms with E-state index in [4.69, 9.17) is 5.11 Å². The van der Waals surface area contributed by atoms with Crippen LogP contribution in [0.4, 0.5) is 0 Å². The average Bonchev–Trinajstić information content (AvgIpc) is 2.04. The van der Waals surface area contributed by atoms with Crippen molar-refractivity contribution in [2.75, 3.05) is 13.1 Å². The highest BCUT2D eigenvalue weighted by Crippen LogP contribution is 2.18. The molecule has 4 heteroatoms. The molecule has 0 saturated carbocycles. The third-order valence-electron chi connectivity index (χ3n) is 2.80. The second-order valence-electron chi connectivity index (χ2n) is 4.00. The lowest BCUT2D eigenvalue weighted by atomic mass is 9.98. The molecular formula is C10H20ClNO2. The van der Waals surface area contributed by atoms with Crippen molar-refractivity contribution < 1.29 is 9.90 Å². The molecule has 2 unspecified atom stereocenters. The maximum atomic E-state index is 10.9. The normalized spacial score (nSPS) is 25.1. The quantitative estimate of drug-likeness (QED) is 0.793. The molecule has 1 N–H and O–H groups in total. The first kappa shape index (κ1) is 13.7. The minimum atomic E-state index is -0.670. The van der Waals surface area contributed by atoms with Gasteiger partial charge in [0.2, 0.25) is 0 Å². The zero-order valence-electron chi connectivity index (χ0n) is 8.90. The smallest absolute Gasteiger partial charge is 0.320 e. The first-order valence-electron chi connectivity index (χ1n) is 5.12. The second kappa shape index (κ2) is 6.25. The molecule has 84 valence electrons. The number of halogens is 1. The van der Waals surface area contributed by atoms with Crippen molar-refractivity contribution in [2.45, 2.75) is 39.2 Å². The number of carbonyl (C=O) groups is 1. The second-order valence-corrected chi connectivity index (χ2v) is 4.00. The molecule has 2 atom stereocenters. The van der Waals surface area contributed by atoms with Crippen LogP contribution in [0.25, 0.3) is 0 Å². The Morgan fingerprint density at radius 2 is 2.29 bits per heavy atom. The average molecular weight is 222 g/mol. The SMILES string of the molecule is CCC(C(=O)O)N1CCCC(C)C1.Cl. The van der Waals surface area contributed by atoms with Crippen molar-refractivity contribution in [1.29, 1.82) is 0 Å². The lowest BCUT2D eigenvalue weighted by Crippen LogP contribution is -2.45. The fourth-order valence-electron chi connectivity index (χ4n) is 2.10. The van der Waals surface area contributed by atoms with E-state index in [-0.39, 0.29) is 18.4 Å². The van der Waals surface area contributed by atoms with E-state index in [0.717, 1.165) is 19.5 Å². The van der Waals surface area contributed by atoms with Crippen molar-refractivity contribution in [3.05, 3.63) is 0 Å². The molecule has 0 aromatic heterocycles. The van der Waals surface area contributed by atoms with Gasteiger partial charge in [0.15, 0.2) is 0 Å². The molecular weight excluding hydrogens is 202 g/mol. The van der Waals surface area contributed by atoms with E-state index in [2.05, 4.69) is 11.8 Å². The highest BCUT2D eigenvalue weighted by Gasteiger charge is 2.27. The van der Waals surface area contributed by atoms with Crippen LogP contribution in [0.2, 0.25) is 0 Å². The molecule has 3 nitrogen and oxygen atoms in total. The van der Waals surface area contributed by atoms with Gasteiger partial charge in [0.1, 0.15) is 6.04 Å². The minimum absolute atomic E-state index is 0. The number of likely N-dealkylation sites (tertiary alicyclic amines) is 1. The summed E-state index contributed by atoms with van der Waals surface area (Å²) in [5.41, 5.74) is 0. The van der Waals surface area contributed by atoms with Gasteiger partial charge in [-0.2, -0.15) is 0 Å². The van der Waals surface area contributed by atoms with Crippen molar-refractivity contribution >= 4 is 18.4 Å². The van der Waals surface area contributed by atoms with Crippen LogP contribution in [0.3, 0.4) is 0 Å². The van der Waals surface area contributed by atoms with Gasteiger partial charge in [-0.25, -0.2) is 0 Å². The molecule has 0 aromatic carbocycles. The molecule has 0 aromatic rings. The molecule has 1 aliphatic rings. The maximum Gasteiger partial charge on any atom is 0.320 e. The van der Waals surface area contributed by atoms with Gasteiger partial charge in [0.05, 0.1) is 0 Å². The van der Waals surface area contributed by atoms with Crippen molar-refractivity contribution in [1.82, 2.24) is 4.90 Å². The standard InChI is InChI=1S/C10H19NO2.ClH/c1-3-9(10(12)13)11-6-4-5-8(2)7-11;/h8-9H,3-7H2,1-2H3,(H,12,13);1H. The summed E-state index contributed by atoms with van der Waals surface area (Å²) in [6, 6.07) is -0.261. The summed E-state index contributed by atoms with van der Waals surface area (Å²) < 4.78 is 0. The van der Waals surface area contributed by atoms with Gasteiger partial charge in [0, 0.05) is 6.54 Å². The molecule has 1 rings (SSSR count). The van der Waals surface area contributed by atoms with Gasteiger partial charge >= 0.3 is 5.97 Å². The van der Waals surface area contributed by atoms with E-state index in [1.165, 1.54) is 6.42 Å². The molecule has 1 saturated heterocycles. The first-order chi connectivity index (χ1) is 6.15. The number of piperidine rings is 1. The van der Waals surface area contributed by atoms with E-state index >= 15 is 0 Å². The van der Waals surface area contributed by atoms with Crippen LogP contribution in [-0.4, -0.2) is 35.1 Å². The Balaban J connectivity index is 0.00000169. The summed E-state index contributed by atoms with van der Waals surface area (Å²) in [6.45, 7) is 6.04. The highest BCUT2D eigenvalue weighted by atomic mass is 35.5. The van der Waals surface area contributed by atoms with Crippen LogP contribution in [0.1, 0.15) is 33.1 Å². The molecule has 1 aliphatic heterocycles. The van der Waals surface area contributed by atoms with Gasteiger partial charge in [-0.1, -0.05) is 13.8 Å². The lowest BCUT2D eigenvalue weighted by Gasteiger charge is -2.34. The third kappa shape index (κ3) is 3.46. The van der Waals surface area contributed by atoms with Crippen LogP contribution in [-0.2, 0) is 4.79 Å². The van der Waals surface area contributed by atoms with Gasteiger partial charge in [0.25, 0.3) is 0 Å². The van der Waals surface area contributed by atoms with Gasteiger partial charge in [-0.15, -0.1) is 12.4 Å². The minimum Gasteiger partial charge on any atom is -0.480 e. The maximum absolute atomic E-state index is 10.9. The molecule has 0 bridgehead atoms. The Labute approximate surface area is 91.9 Å². The summed E-state index contributed by atoms with van der Waals surface area (Å²) in [5.74, 6) is -0.0150. The predicted octanol–water partition coefficient (Wildman–Crippen LogP) is 2.00. The summed E-state index contributed by atoms with van der Waals surface area (Å²) >= 11 is 0.